The van der Waals surface area contributed by atoms with Crippen LogP contribution in [0.1, 0.15) is 5.56 Å². The number of nitrogens with zero attached hydrogens (tertiary/aromatic N) is 3. The van der Waals surface area contributed by atoms with Gasteiger partial charge in [0.25, 0.3) is 5.56 Å². The van der Waals surface area contributed by atoms with Gasteiger partial charge in [-0.25, -0.2) is 4.98 Å². The fraction of sp³-hybridized carbons (Fsp3) is 0.167. The number of hydrogen-bond acceptors (Lipinski definition) is 5. The van der Waals surface area contributed by atoms with Crippen LogP contribution in [0.2, 0.25) is 0 Å². The largest absolute Gasteiger partial charge is 0.384 e. The second-order valence-electron chi connectivity index (χ2n) is 5.05. The zero-order valence-electron chi connectivity index (χ0n) is 13.1. The third-order valence-electron chi connectivity index (χ3n) is 3.52. The van der Waals surface area contributed by atoms with E-state index in [2.05, 4.69) is 11.1 Å². The monoisotopic (exact) mass is 337 g/mol. The Labute approximate surface area is 143 Å². The van der Waals surface area contributed by atoms with Gasteiger partial charge >= 0.3 is 0 Å². The number of hydrogen-bond donors (Lipinski definition) is 0. The standard InChI is InChI=1S/C18H15N3O2S/c1-23-10-11-24-18-20-16-5-3-2-4-15(16)17(22)21(18)14-8-6-13(12-19)7-9-14/h2-9H,10-11H2,1H3. The summed E-state index contributed by atoms with van der Waals surface area (Å²) in [5.74, 6) is 0.692. The van der Waals surface area contributed by atoms with Gasteiger partial charge in [-0.15, -0.1) is 0 Å². The van der Waals surface area contributed by atoms with E-state index in [0.29, 0.717) is 39.7 Å². The Bertz CT molecular complexity index is 959. The Morgan fingerprint density at radius 3 is 2.67 bits per heavy atom. The first-order valence-corrected chi connectivity index (χ1v) is 8.37. The molecule has 0 spiro atoms. The zero-order chi connectivity index (χ0) is 16.9. The summed E-state index contributed by atoms with van der Waals surface area (Å²) in [6.07, 6.45) is 0. The van der Waals surface area contributed by atoms with Gasteiger partial charge in [0.05, 0.1) is 34.8 Å². The van der Waals surface area contributed by atoms with Gasteiger partial charge in [0.2, 0.25) is 0 Å². The number of ether oxygens (including phenoxy) is 1. The average molecular weight is 337 g/mol. The molecular weight excluding hydrogens is 322 g/mol. The van der Waals surface area contributed by atoms with Crippen molar-refractivity contribution in [2.75, 3.05) is 19.5 Å². The van der Waals surface area contributed by atoms with E-state index < -0.39 is 0 Å². The van der Waals surface area contributed by atoms with Crippen LogP contribution in [0, 0.1) is 11.3 Å². The normalized spacial score (nSPS) is 10.7. The average Bonchev–Trinajstić information content (AvgIpc) is 2.62. The summed E-state index contributed by atoms with van der Waals surface area (Å²) < 4.78 is 6.67. The van der Waals surface area contributed by atoms with Crippen LogP contribution in [-0.4, -0.2) is 29.0 Å². The fourth-order valence-corrected chi connectivity index (χ4v) is 3.25. The number of nitriles is 1. The molecule has 5 nitrogen and oxygen atoms in total. The van der Waals surface area contributed by atoms with Crippen molar-refractivity contribution in [2.45, 2.75) is 5.16 Å². The molecule has 3 rings (SSSR count). The lowest BCUT2D eigenvalue weighted by atomic mass is 10.2. The van der Waals surface area contributed by atoms with Crippen LogP contribution in [0.3, 0.4) is 0 Å². The van der Waals surface area contributed by atoms with E-state index in [-0.39, 0.29) is 5.56 Å². The molecule has 0 amide bonds. The minimum atomic E-state index is -0.120. The molecule has 0 aliphatic heterocycles. The maximum atomic E-state index is 13.0. The van der Waals surface area contributed by atoms with E-state index in [1.54, 1.807) is 42.0 Å². The predicted octanol–water partition coefficient (Wildman–Crippen LogP) is 3.00. The molecule has 1 heterocycles. The van der Waals surface area contributed by atoms with Crippen molar-refractivity contribution in [1.82, 2.24) is 9.55 Å². The Balaban J connectivity index is 2.18. The second kappa shape index (κ2) is 7.30. The van der Waals surface area contributed by atoms with Gasteiger partial charge in [-0.3, -0.25) is 9.36 Å². The van der Waals surface area contributed by atoms with Gasteiger partial charge in [0, 0.05) is 12.9 Å². The number of fused-ring (bicyclic) bond motifs is 1. The highest BCUT2D eigenvalue weighted by molar-refractivity contribution is 7.99. The molecule has 0 unspecified atom stereocenters. The summed E-state index contributed by atoms with van der Waals surface area (Å²) in [7, 11) is 1.64. The molecule has 3 aromatic rings. The van der Waals surface area contributed by atoms with Crippen molar-refractivity contribution in [1.29, 1.82) is 5.26 Å². The minimum Gasteiger partial charge on any atom is -0.384 e. The molecule has 6 heteroatoms. The zero-order valence-corrected chi connectivity index (χ0v) is 13.9. The maximum absolute atomic E-state index is 13.0. The molecule has 0 bridgehead atoms. The molecule has 2 aromatic carbocycles. The van der Waals surface area contributed by atoms with Crippen molar-refractivity contribution >= 4 is 22.7 Å². The first-order valence-electron chi connectivity index (χ1n) is 7.38. The summed E-state index contributed by atoms with van der Waals surface area (Å²) in [6, 6.07) is 16.3. The first-order chi connectivity index (χ1) is 11.7. The smallest absolute Gasteiger partial charge is 0.266 e. The van der Waals surface area contributed by atoms with Crippen LogP contribution in [0.4, 0.5) is 0 Å². The number of para-hydroxylation sites is 1. The van der Waals surface area contributed by atoms with E-state index in [9.17, 15) is 4.79 Å². The third kappa shape index (κ3) is 3.18. The van der Waals surface area contributed by atoms with Gasteiger partial charge < -0.3 is 4.74 Å². The third-order valence-corrected chi connectivity index (χ3v) is 4.42. The van der Waals surface area contributed by atoms with Crippen molar-refractivity contribution in [2.24, 2.45) is 0 Å². The van der Waals surface area contributed by atoms with Gasteiger partial charge in [-0.05, 0) is 36.4 Å². The van der Waals surface area contributed by atoms with Crippen molar-refractivity contribution in [3.8, 4) is 11.8 Å². The molecule has 0 aliphatic rings. The maximum Gasteiger partial charge on any atom is 0.266 e. The van der Waals surface area contributed by atoms with E-state index >= 15 is 0 Å². The van der Waals surface area contributed by atoms with Gasteiger partial charge in [0.15, 0.2) is 5.16 Å². The predicted molar refractivity (Wildman–Crippen MR) is 94.7 cm³/mol. The van der Waals surface area contributed by atoms with Gasteiger partial charge in [0.1, 0.15) is 0 Å². The molecule has 24 heavy (non-hydrogen) atoms. The Kier molecular flexibility index (Phi) is 4.94. The van der Waals surface area contributed by atoms with E-state index in [4.69, 9.17) is 10.00 Å². The van der Waals surface area contributed by atoms with E-state index in [0.717, 1.165) is 0 Å². The molecule has 0 saturated carbocycles. The fourth-order valence-electron chi connectivity index (χ4n) is 2.34. The van der Waals surface area contributed by atoms with E-state index in [1.807, 2.05) is 18.2 Å². The lowest BCUT2D eigenvalue weighted by Crippen LogP contribution is -2.22. The molecule has 0 aliphatic carbocycles. The van der Waals surface area contributed by atoms with Crippen molar-refractivity contribution < 1.29 is 4.74 Å². The quantitative estimate of drug-likeness (QED) is 0.407. The highest BCUT2D eigenvalue weighted by Crippen LogP contribution is 2.21. The molecule has 0 atom stereocenters. The van der Waals surface area contributed by atoms with Crippen molar-refractivity contribution in [3.05, 3.63) is 64.4 Å². The molecule has 0 fully saturated rings. The van der Waals surface area contributed by atoms with Crippen LogP contribution in [0.15, 0.2) is 58.5 Å². The van der Waals surface area contributed by atoms with Crippen LogP contribution in [0.25, 0.3) is 16.6 Å². The minimum absolute atomic E-state index is 0.120. The molecule has 0 N–H and O–H groups in total. The van der Waals surface area contributed by atoms with Crippen molar-refractivity contribution in [3.63, 3.8) is 0 Å². The lowest BCUT2D eigenvalue weighted by Gasteiger charge is -2.13. The van der Waals surface area contributed by atoms with Crippen LogP contribution >= 0.6 is 11.8 Å². The summed E-state index contributed by atoms with van der Waals surface area (Å²) >= 11 is 1.47. The summed E-state index contributed by atoms with van der Waals surface area (Å²) in [5.41, 5.74) is 1.80. The van der Waals surface area contributed by atoms with Crippen LogP contribution in [-0.2, 0) is 4.74 Å². The molecular formula is C18H15N3O2S. The Morgan fingerprint density at radius 1 is 1.21 bits per heavy atom. The number of thioether (sulfide) groups is 1. The molecule has 0 saturated heterocycles. The van der Waals surface area contributed by atoms with E-state index in [1.165, 1.54) is 11.8 Å². The summed E-state index contributed by atoms with van der Waals surface area (Å²) in [5, 5.41) is 10.1. The topological polar surface area (TPSA) is 67.9 Å². The van der Waals surface area contributed by atoms with Gasteiger partial charge in [-0.1, -0.05) is 23.9 Å². The summed E-state index contributed by atoms with van der Waals surface area (Å²) in [6.45, 7) is 0.570. The molecule has 0 radical (unpaired) electrons. The Hall–Kier alpha value is -2.62. The number of rotatable bonds is 5. The molecule has 120 valence electrons. The Morgan fingerprint density at radius 2 is 1.96 bits per heavy atom. The first kappa shape index (κ1) is 16.2. The highest BCUT2D eigenvalue weighted by atomic mass is 32.2. The lowest BCUT2D eigenvalue weighted by molar-refractivity contribution is 0.218. The number of benzene rings is 2. The summed E-state index contributed by atoms with van der Waals surface area (Å²) in [4.78, 5) is 17.6. The number of aromatic nitrogens is 2. The van der Waals surface area contributed by atoms with Gasteiger partial charge in [-0.2, -0.15) is 5.26 Å². The SMILES string of the molecule is COCCSc1nc2ccccc2c(=O)n1-c1ccc(C#N)cc1. The number of methoxy groups -OCH3 is 1. The van der Waals surface area contributed by atoms with Crippen LogP contribution in [0.5, 0.6) is 0 Å². The van der Waals surface area contributed by atoms with Crippen LogP contribution < -0.4 is 5.56 Å². The second-order valence-corrected chi connectivity index (χ2v) is 6.11. The molecule has 1 aromatic heterocycles. The highest BCUT2D eigenvalue weighted by Gasteiger charge is 2.13.